The van der Waals surface area contributed by atoms with E-state index in [0.717, 1.165) is 44.1 Å². The van der Waals surface area contributed by atoms with Crippen LogP contribution in [0, 0.1) is 0 Å². The largest absolute Gasteiger partial charge is 0.445 e. The topological polar surface area (TPSA) is 46.6 Å². The number of hydrogen-bond donors (Lipinski definition) is 0. The lowest BCUT2D eigenvalue weighted by atomic mass is 9.96. The van der Waals surface area contributed by atoms with Gasteiger partial charge in [0.1, 0.15) is 12.4 Å². The second kappa shape index (κ2) is 10.1. The quantitative estimate of drug-likeness (QED) is 0.648. The van der Waals surface area contributed by atoms with Gasteiger partial charge >= 0.3 is 6.09 Å². The summed E-state index contributed by atoms with van der Waals surface area (Å²) in [6, 6.07) is 9.70. The molecule has 1 aromatic carbocycles. The van der Waals surface area contributed by atoms with E-state index in [0.29, 0.717) is 19.4 Å². The van der Waals surface area contributed by atoms with Crippen molar-refractivity contribution in [3.63, 3.8) is 0 Å². The van der Waals surface area contributed by atoms with E-state index < -0.39 is 0 Å². The Morgan fingerprint density at radius 3 is 2.71 bits per heavy atom. The van der Waals surface area contributed by atoms with Gasteiger partial charge < -0.3 is 9.64 Å². The molecular weight excluding hydrogens is 302 g/mol. The Morgan fingerprint density at radius 2 is 1.96 bits per heavy atom. The highest BCUT2D eigenvalue weighted by atomic mass is 16.6. The van der Waals surface area contributed by atoms with Gasteiger partial charge in [-0.1, -0.05) is 50.1 Å². The zero-order valence-electron chi connectivity index (χ0n) is 14.7. The summed E-state index contributed by atoms with van der Waals surface area (Å²) in [5.74, 6) is 0.274. The smallest absolute Gasteiger partial charge is 0.410 e. The maximum absolute atomic E-state index is 12.4. The number of unbranched alkanes of at least 4 members (excludes halogenated alkanes) is 2. The number of carbonyl (C=O) groups excluding carboxylic acids is 2. The highest BCUT2D eigenvalue weighted by molar-refractivity contribution is 5.79. The number of benzene rings is 1. The average Bonchev–Trinajstić information content (AvgIpc) is 2.61. The van der Waals surface area contributed by atoms with Crippen LogP contribution in [0.4, 0.5) is 4.79 Å². The molecule has 0 aromatic heterocycles. The Labute approximate surface area is 145 Å². The van der Waals surface area contributed by atoms with Crippen LogP contribution in [0.5, 0.6) is 0 Å². The Kier molecular flexibility index (Phi) is 7.80. The summed E-state index contributed by atoms with van der Waals surface area (Å²) >= 11 is 0. The van der Waals surface area contributed by atoms with Gasteiger partial charge in [0.25, 0.3) is 0 Å². The normalized spacial score (nSPS) is 17.5. The minimum atomic E-state index is -0.287. The minimum absolute atomic E-state index is 0.0103. The molecule has 24 heavy (non-hydrogen) atoms. The summed E-state index contributed by atoms with van der Waals surface area (Å²) in [6.07, 6.45) is 6.97. The van der Waals surface area contributed by atoms with Crippen LogP contribution in [0.1, 0.15) is 63.9 Å². The number of hydrogen-bond acceptors (Lipinski definition) is 3. The molecule has 4 heteroatoms. The van der Waals surface area contributed by atoms with Gasteiger partial charge in [-0.25, -0.2) is 4.79 Å². The maximum Gasteiger partial charge on any atom is 0.410 e. The molecule has 132 valence electrons. The van der Waals surface area contributed by atoms with E-state index in [1.54, 1.807) is 4.90 Å². The number of nitrogens with zero attached hydrogens (tertiary/aromatic N) is 1. The van der Waals surface area contributed by atoms with Crippen molar-refractivity contribution in [2.75, 3.05) is 6.54 Å². The summed E-state index contributed by atoms with van der Waals surface area (Å²) < 4.78 is 5.45. The van der Waals surface area contributed by atoms with Crippen LogP contribution in [0.3, 0.4) is 0 Å². The van der Waals surface area contributed by atoms with Crippen LogP contribution in [-0.4, -0.2) is 29.4 Å². The van der Waals surface area contributed by atoms with Crippen molar-refractivity contribution in [2.24, 2.45) is 0 Å². The molecule has 1 saturated heterocycles. The Hall–Kier alpha value is -1.84. The van der Waals surface area contributed by atoms with E-state index >= 15 is 0 Å². The van der Waals surface area contributed by atoms with E-state index in [-0.39, 0.29) is 24.5 Å². The summed E-state index contributed by atoms with van der Waals surface area (Å²) in [6.45, 7) is 3.12. The predicted molar refractivity (Wildman–Crippen MR) is 94.7 cm³/mol. The number of piperidine rings is 1. The molecule has 0 aliphatic carbocycles. The fourth-order valence-electron chi connectivity index (χ4n) is 3.19. The first kappa shape index (κ1) is 18.5. The first-order valence-corrected chi connectivity index (χ1v) is 9.19. The molecule has 1 aromatic rings. The molecule has 1 aliphatic heterocycles. The van der Waals surface area contributed by atoms with Crippen molar-refractivity contribution in [2.45, 2.75) is 70.9 Å². The monoisotopic (exact) mass is 331 g/mol. The molecule has 0 bridgehead atoms. The number of rotatable bonds is 8. The van der Waals surface area contributed by atoms with Crippen molar-refractivity contribution in [1.82, 2.24) is 4.90 Å². The number of likely N-dealkylation sites (tertiary alicyclic amines) is 1. The Morgan fingerprint density at radius 1 is 1.17 bits per heavy atom. The summed E-state index contributed by atoms with van der Waals surface area (Å²) in [5, 5.41) is 0. The van der Waals surface area contributed by atoms with Crippen LogP contribution in [0.2, 0.25) is 0 Å². The first-order chi connectivity index (χ1) is 11.7. The fourth-order valence-corrected chi connectivity index (χ4v) is 3.19. The number of ketones is 1. The molecule has 1 heterocycles. The highest BCUT2D eigenvalue weighted by Gasteiger charge is 2.29. The van der Waals surface area contributed by atoms with Gasteiger partial charge in [-0.2, -0.15) is 0 Å². The predicted octanol–water partition coefficient (Wildman–Crippen LogP) is 4.72. The maximum atomic E-state index is 12.4. The third kappa shape index (κ3) is 5.99. The van der Waals surface area contributed by atoms with Crippen LogP contribution in [-0.2, 0) is 16.1 Å². The van der Waals surface area contributed by atoms with Crippen LogP contribution in [0.25, 0.3) is 0 Å². The molecule has 1 amide bonds. The van der Waals surface area contributed by atoms with Crippen molar-refractivity contribution < 1.29 is 14.3 Å². The number of amides is 1. The van der Waals surface area contributed by atoms with E-state index in [9.17, 15) is 9.59 Å². The van der Waals surface area contributed by atoms with E-state index in [1.807, 2.05) is 30.3 Å². The summed E-state index contributed by atoms with van der Waals surface area (Å²) in [5.41, 5.74) is 0.982. The minimum Gasteiger partial charge on any atom is -0.445 e. The lowest BCUT2D eigenvalue weighted by molar-refractivity contribution is -0.120. The second-order valence-corrected chi connectivity index (χ2v) is 6.58. The first-order valence-electron chi connectivity index (χ1n) is 9.19. The van der Waals surface area contributed by atoms with E-state index in [2.05, 4.69) is 6.92 Å². The van der Waals surface area contributed by atoms with Crippen molar-refractivity contribution in [3.8, 4) is 0 Å². The SMILES string of the molecule is CCCCCC(=O)C[C@@H]1CCCCN1C(=O)OCc1ccccc1. The van der Waals surface area contributed by atoms with Gasteiger partial charge in [-0.3, -0.25) is 4.79 Å². The van der Waals surface area contributed by atoms with E-state index in [4.69, 9.17) is 4.74 Å². The molecule has 0 unspecified atom stereocenters. The molecular formula is C20H29NO3. The number of Topliss-reactive ketones (excluding diaryl/α,β-unsaturated/α-hetero) is 1. The zero-order chi connectivity index (χ0) is 17.2. The zero-order valence-corrected chi connectivity index (χ0v) is 14.7. The van der Waals surface area contributed by atoms with Crippen molar-refractivity contribution in [1.29, 1.82) is 0 Å². The molecule has 0 saturated carbocycles. The van der Waals surface area contributed by atoms with Gasteiger partial charge in [-0.15, -0.1) is 0 Å². The molecule has 0 spiro atoms. The third-order valence-corrected chi connectivity index (χ3v) is 4.59. The van der Waals surface area contributed by atoms with Crippen molar-refractivity contribution >= 4 is 11.9 Å². The molecule has 1 fully saturated rings. The van der Waals surface area contributed by atoms with E-state index in [1.165, 1.54) is 0 Å². The fraction of sp³-hybridized carbons (Fsp3) is 0.600. The third-order valence-electron chi connectivity index (χ3n) is 4.59. The Balaban J connectivity index is 1.83. The van der Waals surface area contributed by atoms with Gasteiger partial charge in [0, 0.05) is 25.4 Å². The van der Waals surface area contributed by atoms with Gasteiger partial charge in [0.05, 0.1) is 0 Å². The highest BCUT2D eigenvalue weighted by Crippen LogP contribution is 2.22. The molecule has 1 aliphatic rings. The Bertz CT molecular complexity index is 515. The lowest BCUT2D eigenvalue weighted by Gasteiger charge is -2.34. The molecule has 0 N–H and O–H groups in total. The summed E-state index contributed by atoms with van der Waals surface area (Å²) in [4.78, 5) is 26.3. The molecule has 4 nitrogen and oxygen atoms in total. The standard InChI is InChI=1S/C20H29NO3/c1-2-3-5-13-19(22)15-18-12-8-9-14-21(18)20(23)24-16-17-10-6-4-7-11-17/h4,6-7,10-11,18H,2-3,5,8-9,12-16H2,1H3/t18-/m0/s1. The van der Waals surface area contributed by atoms with Gasteiger partial charge in [-0.05, 0) is 31.2 Å². The van der Waals surface area contributed by atoms with Crippen LogP contribution in [0.15, 0.2) is 30.3 Å². The number of carbonyl (C=O) groups is 2. The second-order valence-electron chi connectivity index (χ2n) is 6.58. The lowest BCUT2D eigenvalue weighted by Crippen LogP contribution is -2.45. The van der Waals surface area contributed by atoms with Crippen molar-refractivity contribution in [3.05, 3.63) is 35.9 Å². The molecule has 1 atom stereocenters. The summed E-state index contributed by atoms with van der Waals surface area (Å²) in [7, 11) is 0. The number of ether oxygens (including phenoxy) is 1. The average molecular weight is 331 g/mol. The van der Waals surface area contributed by atoms with Crippen LogP contribution >= 0.6 is 0 Å². The van der Waals surface area contributed by atoms with Gasteiger partial charge in [0.15, 0.2) is 0 Å². The molecule has 0 radical (unpaired) electrons. The van der Waals surface area contributed by atoms with Gasteiger partial charge in [0.2, 0.25) is 0 Å². The van der Waals surface area contributed by atoms with Crippen LogP contribution < -0.4 is 0 Å². The molecule has 2 rings (SSSR count).